The number of rotatable bonds is 13. The molecule has 5 nitrogen and oxygen atoms in total. The Hall–Kier alpha value is 0.0169. The fourth-order valence-corrected chi connectivity index (χ4v) is 4.22. The first-order chi connectivity index (χ1) is 8.74. The summed E-state index contributed by atoms with van der Waals surface area (Å²) >= 11 is 0. The van der Waals surface area contributed by atoms with Gasteiger partial charge in [0, 0.05) is 39.6 Å². The summed E-state index contributed by atoms with van der Waals surface area (Å²) in [6.45, 7) is 9.71. The highest BCUT2D eigenvalue weighted by Crippen LogP contribution is 2.18. The Morgan fingerprint density at radius 1 is 0.778 bits per heavy atom. The number of ether oxygens (including phenoxy) is 2. The quantitative estimate of drug-likeness (QED) is 0.382. The molecule has 0 saturated carbocycles. The smallest absolute Gasteiger partial charge is 0.382 e. The lowest BCUT2D eigenvalue weighted by Gasteiger charge is -2.28. The molecular weight excluding hydrogens is 252 g/mol. The lowest BCUT2D eigenvalue weighted by Crippen LogP contribution is -2.46. The van der Waals surface area contributed by atoms with E-state index >= 15 is 0 Å². The Kier molecular flexibility index (Phi) is 12.1. The van der Waals surface area contributed by atoms with Gasteiger partial charge in [0.25, 0.3) is 0 Å². The van der Waals surface area contributed by atoms with Gasteiger partial charge in [-0.2, -0.15) is 0 Å². The maximum atomic E-state index is 5.75. The van der Waals surface area contributed by atoms with Crippen LogP contribution >= 0.6 is 0 Å². The van der Waals surface area contributed by atoms with Crippen molar-refractivity contribution in [1.29, 1.82) is 0 Å². The molecule has 0 radical (unpaired) electrons. The van der Waals surface area contributed by atoms with Crippen LogP contribution < -0.4 is 0 Å². The Morgan fingerprint density at radius 3 is 1.78 bits per heavy atom. The second-order valence-corrected chi connectivity index (χ2v) is 6.42. The average molecular weight is 280 g/mol. The molecule has 0 aromatic rings. The van der Waals surface area contributed by atoms with Gasteiger partial charge >= 0.3 is 8.80 Å². The molecule has 110 valence electrons. The zero-order valence-corrected chi connectivity index (χ0v) is 13.2. The van der Waals surface area contributed by atoms with Crippen LogP contribution in [0, 0.1) is 0 Å². The third-order valence-corrected chi connectivity index (χ3v) is 5.45. The molecule has 0 aliphatic rings. The van der Waals surface area contributed by atoms with Crippen molar-refractivity contribution in [3.8, 4) is 0 Å². The van der Waals surface area contributed by atoms with Gasteiger partial charge in [0.1, 0.15) is 0 Å². The molecule has 0 N–H and O–H groups in total. The molecule has 18 heavy (non-hydrogen) atoms. The third kappa shape index (κ3) is 8.18. The minimum absolute atomic E-state index is 0.622. The first-order valence-corrected chi connectivity index (χ1v) is 8.66. The van der Waals surface area contributed by atoms with Gasteiger partial charge in [-0.15, -0.1) is 0 Å². The van der Waals surface area contributed by atoms with Crippen LogP contribution in [0.1, 0.15) is 27.2 Å². The first-order valence-electron chi connectivity index (χ1n) is 6.73. The molecule has 0 aliphatic carbocycles. The van der Waals surface area contributed by atoms with Crippen molar-refractivity contribution in [2.75, 3.05) is 46.8 Å². The largest absolute Gasteiger partial charge is 0.501 e. The second kappa shape index (κ2) is 12.1. The molecule has 0 unspecified atom stereocenters. The summed E-state index contributed by atoms with van der Waals surface area (Å²) in [7, 11) is -0.808. The van der Waals surface area contributed by atoms with Crippen molar-refractivity contribution in [2.45, 2.75) is 33.2 Å². The average Bonchev–Trinajstić information content (AvgIpc) is 2.35. The maximum Gasteiger partial charge on any atom is 0.501 e. The summed E-state index contributed by atoms with van der Waals surface area (Å²) in [5.41, 5.74) is 0. The van der Waals surface area contributed by atoms with E-state index < -0.39 is 8.80 Å². The van der Waals surface area contributed by atoms with Gasteiger partial charge in [-0.3, -0.25) is 0 Å². The fourth-order valence-electron chi connectivity index (χ4n) is 1.64. The van der Waals surface area contributed by atoms with Crippen molar-refractivity contribution in [3.05, 3.63) is 0 Å². The molecule has 0 aromatic carbocycles. The summed E-state index contributed by atoms with van der Waals surface area (Å²) in [6, 6.07) is 0.801. The van der Waals surface area contributed by atoms with Crippen LogP contribution in [0.25, 0.3) is 0 Å². The van der Waals surface area contributed by atoms with E-state index in [9.17, 15) is 0 Å². The Bertz CT molecular complexity index is 163. The summed E-state index contributed by atoms with van der Waals surface area (Å²) in [6.07, 6.45) is 0.885. The molecule has 0 atom stereocenters. The standard InChI is InChI=1S/C12H28O5Si/c1-5-15-18(16-6-2,17-7-3)12-8-9-14-11-10-13-4/h5-12H2,1-4H3. The van der Waals surface area contributed by atoms with E-state index in [1.54, 1.807) is 7.11 Å². The van der Waals surface area contributed by atoms with Crippen LogP contribution in [0.2, 0.25) is 6.04 Å². The zero-order valence-electron chi connectivity index (χ0n) is 12.2. The minimum Gasteiger partial charge on any atom is -0.382 e. The fraction of sp³-hybridized carbons (Fsp3) is 1.00. The van der Waals surface area contributed by atoms with Crippen molar-refractivity contribution in [2.24, 2.45) is 0 Å². The van der Waals surface area contributed by atoms with Gasteiger partial charge in [-0.25, -0.2) is 0 Å². The van der Waals surface area contributed by atoms with Crippen molar-refractivity contribution in [1.82, 2.24) is 0 Å². The summed E-state index contributed by atoms with van der Waals surface area (Å²) in [4.78, 5) is 0. The van der Waals surface area contributed by atoms with E-state index in [1.165, 1.54) is 0 Å². The summed E-state index contributed by atoms with van der Waals surface area (Å²) in [5, 5.41) is 0. The molecule has 0 fully saturated rings. The van der Waals surface area contributed by atoms with Crippen LogP contribution in [-0.2, 0) is 22.8 Å². The predicted molar refractivity (Wildman–Crippen MR) is 72.8 cm³/mol. The third-order valence-electron chi connectivity index (χ3n) is 2.30. The van der Waals surface area contributed by atoms with Crippen LogP contribution in [0.15, 0.2) is 0 Å². The van der Waals surface area contributed by atoms with E-state index in [2.05, 4.69) is 0 Å². The van der Waals surface area contributed by atoms with Crippen molar-refractivity contribution < 1.29 is 22.8 Å². The molecular formula is C12H28O5Si. The predicted octanol–water partition coefficient (Wildman–Crippen LogP) is 2.09. The highest BCUT2D eigenvalue weighted by molar-refractivity contribution is 6.60. The Labute approximate surface area is 112 Å². The molecule has 0 bridgehead atoms. The SMILES string of the molecule is CCO[Si](CCCOCCOC)(OCC)OCC. The maximum absolute atomic E-state index is 5.75. The van der Waals surface area contributed by atoms with E-state index in [0.717, 1.165) is 12.5 Å². The van der Waals surface area contributed by atoms with Gasteiger partial charge in [-0.1, -0.05) is 0 Å². The normalized spacial score (nSPS) is 12.0. The molecule has 0 rings (SSSR count). The van der Waals surface area contributed by atoms with Gasteiger partial charge in [0.05, 0.1) is 13.2 Å². The van der Waals surface area contributed by atoms with Gasteiger partial charge in [0.15, 0.2) is 0 Å². The first kappa shape index (κ1) is 18.0. The molecule has 0 heterocycles. The highest BCUT2D eigenvalue weighted by atomic mass is 28.4. The van der Waals surface area contributed by atoms with E-state index in [-0.39, 0.29) is 0 Å². The van der Waals surface area contributed by atoms with Crippen LogP contribution in [-0.4, -0.2) is 55.6 Å². The van der Waals surface area contributed by atoms with Crippen LogP contribution in [0.4, 0.5) is 0 Å². The summed E-state index contributed by atoms with van der Waals surface area (Å²) < 4.78 is 27.6. The van der Waals surface area contributed by atoms with E-state index in [0.29, 0.717) is 39.6 Å². The second-order valence-electron chi connectivity index (χ2n) is 3.69. The van der Waals surface area contributed by atoms with E-state index in [1.807, 2.05) is 20.8 Å². The Morgan fingerprint density at radius 2 is 1.33 bits per heavy atom. The van der Waals surface area contributed by atoms with E-state index in [4.69, 9.17) is 22.8 Å². The van der Waals surface area contributed by atoms with Gasteiger partial charge < -0.3 is 22.8 Å². The molecule has 6 heteroatoms. The molecule has 0 saturated heterocycles. The van der Waals surface area contributed by atoms with Gasteiger partial charge in [-0.05, 0) is 27.2 Å². The van der Waals surface area contributed by atoms with Gasteiger partial charge in [0.2, 0.25) is 0 Å². The van der Waals surface area contributed by atoms with Crippen molar-refractivity contribution in [3.63, 3.8) is 0 Å². The lowest BCUT2D eigenvalue weighted by atomic mass is 10.5. The molecule has 0 spiro atoms. The zero-order chi connectivity index (χ0) is 13.7. The minimum atomic E-state index is -2.48. The number of hydrogen-bond acceptors (Lipinski definition) is 5. The number of methoxy groups -OCH3 is 1. The number of hydrogen-bond donors (Lipinski definition) is 0. The van der Waals surface area contributed by atoms with Crippen LogP contribution in [0.3, 0.4) is 0 Å². The molecule has 0 aliphatic heterocycles. The van der Waals surface area contributed by atoms with Crippen LogP contribution in [0.5, 0.6) is 0 Å². The topological polar surface area (TPSA) is 46.2 Å². The molecule has 0 amide bonds. The lowest BCUT2D eigenvalue weighted by molar-refractivity contribution is 0.0560. The monoisotopic (exact) mass is 280 g/mol. The Balaban J connectivity index is 3.97. The summed E-state index contributed by atoms with van der Waals surface area (Å²) in [5.74, 6) is 0. The van der Waals surface area contributed by atoms with Crippen molar-refractivity contribution >= 4 is 8.80 Å². The molecule has 0 aromatic heterocycles. The highest BCUT2D eigenvalue weighted by Gasteiger charge is 2.39.